The number of fused-ring (bicyclic) bond motifs is 5. The molecule has 7 heteroatoms. The van der Waals surface area contributed by atoms with Gasteiger partial charge >= 0.3 is 0 Å². The van der Waals surface area contributed by atoms with Crippen molar-refractivity contribution >= 4 is 79.3 Å². The molecule has 0 amide bonds. The van der Waals surface area contributed by atoms with Crippen LogP contribution in [0.4, 0.5) is 68.2 Å². The Kier molecular flexibility index (Phi) is 7.03. The second kappa shape index (κ2) is 12.5. The van der Waals surface area contributed by atoms with Crippen LogP contribution in [0.2, 0.25) is 0 Å². The zero-order valence-corrected chi connectivity index (χ0v) is 29.7. The molecule has 0 saturated carbocycles. The van der Waals surface area contributed by atoms with E-state index in [-0.39, 0.29) is 0 Å². The van der Waals surface area contributed by atoms with Crippen molar-refractivity contribution in [2.24, 2.45) is 0 Å². The highest BCUT2D eigenvalue weighted by Crippen LogP contribution is 2.55. The Morgan fingerprint density at radius 3 is 0.927 bits per heavy atom. The van der Waals surface area contributed by atoms with Gasteiger partial charge in [0.1, 0.15) is 11.0 Å². The highest BCUT2D eigenvalue weighted by atomic mass is 15.5. The summed E-state index contributed by atoms with van der Waals surface area (Å²) in [5, 5.41) is 9.94. The van der Waals surface area contributed by atoms with Crippen LogP contribution < -0.4 is 19.6 Å². The van der Waals surface area contributed by atoms with Gasteiger partial charge in [-0.15, -0.1) is 10.2 Å². The molecule has 0 saturated heterocycles. The normalized spacial score (nSPS) is 12.9. The zero-order valence-electron chi connectivity index (χ0n) is 29.7. The van der Waals surface area contributed by atoms with Gasteiger partial charge in [0.25, 0.3) is 0 Å². The molecule has 0 unspecified atom stereocenters. The van der Waals surface area contributed by atoms with E-state index in [1.807, 2.05) is 0 Å². The van der Waals surface area contributed by atoms with Gasteiger partial charge in [0.2, 0.25) is 0 Å². The minimum absolute atomic E-state index is 0.821. The van der Waals surface area contributed by atoms with Crippen molar-refractivity contribution in [3.05, 3.63) is 200 Å². The first kappa shape index (κ1) is 30.9. The van der Waals surface area contributed by atoms with E-state index in [0.29, 0.717) is 0 Å². The standard InChI is InChI=1S/C48H33N7/c1-3-15-34(16-4-1)51-41-19-7-9-21-43(41)53(44-22-10-8-20-42(44)51)36-27-29-37(30-28-36)55-49-39-32-31-38(33-40(39)50-55)54-47-25-13-11-23-45(47)52(35-17-5-2-6-18-35)46-24-12-14-26-48(46)54/h1-33H. The van der Waals surface area contributed by atoms with E-state index in [4.69, 9.17) is 10.2 Å². The summed E-state index contributed by atoms with van der Waals surface area (Å²) in [6.07, 6.45) is 0. The van der Waals surface area contributed by atoms with Gasteiger partial charge in [-0.3, -0.25) is 0 Å². The van der Waals surface area contributed by atoms with Crippen molar-refractivity contribution in [2.75, 3.05) is 19.6 Å². The van der Waals surface area contributed by atoms with Gasteiger partial charge in [-0.05, 0) is 115 Å². The van der Waals surface area contributed by atoms with Gasteiger partial charge in [0, 0.05) is 22.7 Å². The monoisotopic (exact) mass is 707 g/mol. The lowest BCUT2D eigenvalue weighted by molar-refractivity contribution is 0.766. The summed E-state index contributed by atoms with van der Waals surface area (Å²) < 4.78 is 0. The molecule has 8 aromatic carbocycles. The van der Waals surface area contributed by atoms with E-state index in [1.165, 1.54) is 0 Å². The molecule has 0 N–H and O–H groups in total. The SMILES string of the molecule is c1ccc(N2c3ccccc3N(c3ccc(-n4nc5ccc(N6c7ccccc7N(c7ccccc7)c7ccccc76)cc5n4)cc3)c3ccccc32)cc1. The first-order chi connectivity index (χ1) is 27.3. The van der Waals surface area contributed by atoms with Gasteiger partial charge < -0.3 is 19.6 Å². The predicted molar refractivity (Wildman–Crippen MR) is 225 cm³/mol. The van der Waals surface area contributed by atoms with Crippen LogP contribution in [0.3, 0.4) is 0 Å². The van der Waals surface area contributed by atoms with E-state index in [0.717, 1.165) is 85.0 Å². The smallest absolute Gasteiger partial charge is 0.115 e. The molecule has 9 aromatic rings. The van der Waals surface area contributed by atoms with E-state index in [9.17, 15) is 0 Å². The Morgan fingerprint density at radius 2 is 0.527 bits per heavy atom. The van der Waals surface area contributed by atoms with Crippen LogP contribution in [0.1, 0.15) is 0 Å². The molecular weight excluding hydrogens is 675 g/mol. The molecule has 0 atom stereocenters. The number of benzene rings is 8. The fourth-order valence-electron chi connectivity index (χ4n) is 8.05. The van der Waals surface area contributed by atoms with Crippen LogP contribution in [0.5, 0.6) is 0 Å². The molecule has 2 aliphatic heterocycles. The molecule has 3 heterocycles. The molecule has 0 fully saturated rings. The number of aromatic nitrogens is 3. The average Bonchev–Trinajstić information content (AvgIpc) is 3.69. The lowest BCUT2D eigenvalue weighted by Gasteiger charge is -2.40. The third kappa shape index (κ3) is 4.98. The third-order valence-electron chi connectivity index (χ3n) is 10.4. The number of rotatable bonds is 5. The average molecular weight is 708 g/mol. The van der Waals surface area contributed by atoms with Crippen LogP contribution in [0.15, 0.2) is 200 Å². The summed E-state index contributed by atoms with van der Waals surface area (Å²) >= 11 is 0. The molecule has 11 rings (SSSR count). The number of nitrogens with zero attached hydrogens (tertiary/aromatic N) is 7. The molecule has 2 aliphatic rings. The fraction of sp³-hybridized carbons (Fsp3) is 0. The Bertz CT molecular complexity index is 2760. The zero-order chi connectivity index (χ0) is 36.3. The van der Waals surface area contributed by atoms with Crippen LogP contribution in [-0.2, 0) is 0 Å². The highest BCUT2D eigenvalue weighted by Gasteiger charge is 2.31. The molecule has 7 nitrogen and oxygen atoms in total. The van der Waals surface area contributed by atoms with Crippen molar-refractivity contribution in [1.29, 1.82) is 0 Å². The Balaban J connectivity index is 0.954. The lowest BCUT2D eigenvalue weighted by atomic mass is 10.0. The number of hydrogen-bond acceptors (Lipinski definition) is 6. The van der Waals surface area contributed by atoms with Gasteiger partial charge in [-0.25, -0.2) is 0 Å². The van der Waals surface area contributed by atoms with Crippen LogP contribution >= 0.6 is 0 Å². The van der Waals surface area contributed by atoms with Crippen LogP contribution in [-0.4, -0.2) is 15.0 Å². The van der Waals surface area contributed by atoms with Crippen LogP contribution in [0, 0.1) is 0 Å². The van der Waals surface area contributed by atoms with Gasteiger partial charge in [0.05, 0.1) is 51.2 Å². The summed E-state index contributed by atoms with van der Waals surface area (Å²) in [7, 11) is 0. The first-order valence-corrected chi connectivity index (χ1v) is 18.4. The first-order valence-electron chi connectivity index (χ1n) is 18.4. The second-order valence-corrected chi connectivity index (χ2v) is 13.6. The third-order valence-corrected chi connectivity index (χ3v) is 10.4. The van der Waals surface area contributed by atoms with Crippen molar-refractivity contribution in [2.45, 2.75) is 0 Å². The quantitative estimate of drug-likeness (QED) is 0.177. The summed E-state index contributed by atoms with van der Waals surface area (Å²) in [5.74, 6) is 0. The molecule has 0 spiro atoms. The van der Waals surface area contributed by atoms with Gasteiger partial charge in [-0.2, -0.15) is 4.80 Å². The number of anilines is 12. The fourth-order valence-corrected chi connectivity index (χ4v) is 8.05. The molecule has 55 heavy (non-hydrogen) atoms. The number of hydrogen-bond donors (Lipinski definition) is 0. The number of para-hydroxylation sites is 10. The van der Waals surface area contributed by atoms with Crippen molar-refractivity contribution in [1.82, 2.24) is 15.0 Å². The summed E-state index contributed by atoms with van der Waals surface area (Å²) in [6, 6.07) is 70.2. The molecular formula is C48H33N7. The molecule has 260 valence electrons. The molecule has 0 bridgehead atoms. The van der Waals surface area contributed by atoms with Crippen molar-refractivity contribution in [3.8, 4) is 5.69 Å². The maximum absolute atomic E-state index is 5.02. The maximum Gasteiger partial charge on any atom is 0.115 e. The minimum Gasteiger partial charge on any atom is -0.306 e. The van der Waals surface area contributed by atoms with Gasteiger partial charge in [-0.1, -0.05) is 84.9 Å². The molecule has 1 aromatic heterocycles. The summed E-state index contributed by atoms with van der Waals surface area (Å²) in [5.41, 5.74) is 15.8. The Labute approximate surface area is 318 Å². The van der Waals surface area contributed by atoms with Gasteiger partial charge in [0.15, 0.2) is 0 Å². The molecule has 0 radical (unpaired) electrons. The Hall–Kier alpha value is -7.64. The summed E-state index contributed by atoms with van der Waals surface area (Å²) in [6.45, 7) is 0. The summed E-state index contributed by atoms with van der Waals surface area (Å²) in [4.78, 5) is 11.1. The highest BCUT2D eigenvalue weighted by molar-refractivity contribution is 6.03. The van der Waals surface area contributed by atoms with E-state index in [1.54, 1.807) is 4.80 Å². The largest absolute Gasteiger partial charge is 0.306 e. The predicted octanol–water partition coefficient (Wildman–Crippen LogP) is 12.9. The maximum atomic E-state index is 5.02. The minimum atomic E-state index is 0.821. The van der Waals surface area contributed by atoms with Crippen LogP contribution in [0.25, 0.3) is 16.7 Å². The van der Waals surface area contributed by atoms with E-state index >= 15 is 0 Å². The lowest BCUT2D eigenvalue weighted by Crippen LogP contribution is -2.23. The van der Waals surface area contributed by atoms with Crippen molar-refractivity contribution in [3.63, 3.8) is 0 Å². The van der Waals surface area contributed by atoms with Crippen molar-refractivity contribution < 1.29 is 0 Å². The molecule has 0 aliphatic carbocycles. The van der Waals surface area contributed by atoms with E-state index in [2.05, 4.69) is 220 Å². The van der Waals surface area contributed by atoms with E-state index < -0.39 is 0 Å². The topological polar surface area (TPSA) is 43.7 Å². The Morgan fingerprint density at radius 1 is 0.236 bits per heavy atom. The second-order valence-electron chi connectivity index (χ2n) is 13.6.